The molecule has 3 N–H and O–H groups in total. The Morgan fingerprint density at radius 2 is 2.17 bits per heavy atom. The molecule has 0 fully saturated rings. The van der Waals surface area contributed by atoms with Gasteiger partial charge in [-0.1, -0.05) is 0 Å². The molecular formula is C7H13N3O2. The first kappa shape index (κ1) is 10.7. The predicted molar refractivity (Wildman–Crippen MR) is 44.4 cm³/mol. The minimum Gasteiger partial charge on any atom is -0.352 e. The molecule has 0 aliphatic carbocycles. The summed E-state index contributed by atoms with van der Waals surface area (Å²) in [5.74, 6) is 0. The highest BCUT2D eigenvalue weighted by Crippen LogP contribution is 1.93. The highest BCUT2D eigenvalue weighted by Gasteiger charge is 1.90. The molecule has 68 valence electrons. The number of urea groups is 1. The molecule has 0 saturated heterocycles. The SMILES string of the molecule is NC(=O)NCCCCCN=C=O. The first-order valence-electron chi connectivity index (χ1n) is 3.84. The van der Waals surface area contributed by atoms with Crippen LogP contribution in [0.2, 0.25) is 0 Å². The number of rotatable bonds is 6. The van der Waals surface area contributed by atoms with Gasteiger partial charge in [-0.15, -0.1) is 0 Å². The Bertz CT molecular complexity index is 169. The smallest absolute Gasteiger partial charge is 0.312 e. The molecule has 0 aromatic carbocycles. The van der Waals surface area contributed by atoms with Crippen molar-refractivity contribution < 1.29 is 9.59 Å². The van der Waals surface area contributed by atoms with E-state index in [1.807, 2.05) is 0 Å². The van der Waals surface area contributed by atoms with E-state index in [-0.39, 0.29) is 0 Å². The van der Waals surface area contributed by atoms with E-state index in [1.165, 1.54) is 6.08 Å². The Labute approximate surface area is 71.0 Å². The van der Waals surface area contributed by atoms with Crippen LogP contribution in [-0.4, -0.2) is 25.2 Å². The Morgan fingerprint density at radius 3 is 2.75 bits per heavy atom. The van der Waals surface area contributed by atoms with Gasteiger partial charge in [0.15, 0.2) is 0 Å². The van der Waals surface area contributed by atoms with E-state index in [0.717, 1.165) is 19.3 Å². The maximum absolute atomic E-state index is 10.2. The molecule has 5 nitrogen and oxygen atoms in total. The first-order valence-corrected chi connectivity index (χ1v) is 3.84. The predicted octanol–water partition coefficient (Wildman–Crippen LogP) is 0.161. The molecule has 0 rings (SSSR count). The van der Waals surface area contributed by atoms with Gasteiger partial charge in [-0.2, -0.15) is 0 Å². The molecule has 12 heavy (non-hydrogen) atoms. The summed E-state index contributed by atoms with van der Waals surface area (Å²) in [5.41, 5.74) is 4.83. The number of hydrogen-bond donors (Lipinski definition) is 2. The number of hydrogen-bond acceptors (Lipinski definition) is 3. The molecular weight excluding hydrogens is 158 g/mol. The third kappa shape index (κ3) is 8.65. The van der Waals surface area contributed by atoms with Crippen molar-refractivity contribution in [3.63, 3.8) is 0 Å². The van der Waals surface area contributed by atoms with Crippen LogP contribution in [0.1, 0.15) is 19.3 Å². The highest BCUT2D eigenvalue weighted by atomic mass is 16.2. The number of nitrogens with one attached hydrogen (secondary N) is 1. The van der Waals surface area contributed by atoms with E-state index in [2.05, 4.69) is 10.3 Å². The largest absolute Gasteiger partial charge is 0.352 e. The summed E-state index contributed by atoms with van der Waals surface area (Å²) in [7, 11) is 0. The molecule has 0 aliphatic rings. The zero-order valence-corrected chi connectivity index (χ0v) is 6.88. The molecule has 2 amide bonds. The van der Waals surface area contributed by atoms with Crippen molar-refractivity contribution in [2.45, 2.75) is 19.3 Å². The topological polar surface area (TPSA) is 84.6 Å². The van der Waals surface area contributed by atoms with Crippen molar-refractivity contribution in [2.75, 3.05) is 13.1 Å². The lowest BCUT2D eigenvalue weighted by molar-refractivity contribution is 0.248. The number of carbonyl (C=O) groups is 1. The van der Waals surface area contributed by atoms with Crippen molar-refractivity contribution in [1.82, 2.24) is 5.32 Å². The average Bonchev–Trinajstić information content (AvgIpc) is 2.02. The fourth-order valence-corrected chi connectivity index (χ4v) is 0.750. The lowest BCUT2D eigenvalue weighted by Gasteiger charge is -1.99. The van der Waals surface area contributed by atoms with Crippen LogP contribution >= 0.6 is 0 Å². The molecule has 0 bridgehead atoms. The average molecular weight is 171 g/mol. The van der Waals surface area contributed by atoms with E-state index < -0.39 is 6.03 Å². The second-order valence-electron chi connectivity index (χ2n) is 2.32. The summed E-state index contributed by atoms with van der Waals surface area (Å²) in [6.07, 6.45) is 4.09. The maximum atomic E-state index is 10.2. The van der Waals surface area contributed by atoms with Gasteiger partial charge < -0.3 is 11.1 Å². The molecule has 0 aromatic rings. The van der Waals surface area contributed by atoms with E-state index >= 15 is 0 Å². The summed E-state index contributed by atoms with van der Waals surface area (Å²) in [6, 6.07) is -0.499. The summed E-state index contributed by atoms with van der Waals surface area (Å²) in [5, 5.41) is 2.47. The number of unbranched alkanes of at least 4 members (excludes halogenated alkanes) is 2. The molecule has 5 heteroatoms. The van der Waals surface area contributed by atoms with Crippen LogP contribution in [0, 0.1) is 0 Å². The summed E-state index contributed by atoms with van der Waals surface area (Å²) in [6.45, 7) is 1.10. The van der Waals surface area contributed by atoms with E-state index in [0.29, 0.717) is 13.1 Å². The zero-order chi connectivity index (χ0) is 9.23. The Kier molecular flexibility index (Phi) is 6.88. The fourth-order valence-electron chi connectivity index (χ4n) is 0.750. The number of aliphatic imine (C=N–C) groups is 1. The van der Waals surface area contributed by atoms with Crippen LogP contribution < -0.4 is 11.1 Å². The van der Waals surface area contributed by atoms with Crippen LogP contribution in [0.4, 0.5) is 4.79 Å². The quantitative estimate of drug-likeness (QED) is 0.339. The normalized spacial score (nSPS) is 8.67. The van der Waals surface area contributed by atoms with Gasteiger partial charge >= 0.3 is 6.03 Å². The van der Waals surface area contributed by atoms with Crippen LogP contribution in [0.3, 0.4) is 0 Å². The number of nitrogens with two attached hydrogens (primary N) is 1. The first-order chi connectivity index (χ1) is 5.77. The van der Waals surface area contributed by atoms with Gasteiger partial charge in [0, 0.05) is 6.54 Å². The maximum Gasteiger partial charge on any atom is 0.312 e. The molecule has 0 heterocycles. The lowest BCUT2D eigenvalue weighted by atomic mass is 10.2. The van der Waals surface area contributed by atoms with Crippen molar-refractivity contribution in [2.24, 2.45) is 10.7 Å². The Hall–Kier alpha value is -1.35. The van der Waals surface area contributed by atoms with Crippen LogP contribution in [-0.2, 0) is 4.79 Å². The molecule has 0 atom stereocenters. The third-order valence-corrected chi connectivity index (χ3v) is 1.31. The van der Waals surface area contributed by atoms with Gasteiger partial charge in [-0.05, 0) is 19.3 Å². The second-order valence-corrected chi connectivity index (χ2v) is 2.32. The molecule has 0 aliphatic heterocycles. The van der Waals surface area contributed by atoms with Crippen molar-refractivity contribution in [1.29, 1.82) is 0 Å². The lowest BCUT2D eigenvalue weighted by Crippen LogP contribution is -2.29. The van der Waals surface area contributed by atoms with Gasteiger partial charge in [0.1, 0.15) is 0 Å². The molecule has 0 radical (unpaired) electrons. The van der Waals surface area contributed by atoms with Gasteiger partial charge in [0.05, 0.1) is 6.54 Å². The zero-order valence-electron chi connectivity index (χ0n) is 6.88. The molecule has 0 unspecified atom stereocenters. The second kappa shape index (κ2) is 7.75. The Balaban J connectivity index is 3.00. The third-order valence-electron chi connectivity index (χ3n) is 1.31. The molecule has 0 aromatic heterocycles. The summed E-state index contributed by atoms with van der Waals surface area (Å²) in [4.78, 5) is 23.2. The van der Waals surface area contributed by atoms with Gasteiger partial charge in [0.2, 0.25) is 6.08 Å². The van der Waals surface area contributed by atoms with Crippen LogP contribution in [0.15, 0.2) is 4.99 Å². The van der Waals surface area contributed by atoms with Crippen molar-refractivity contribution >= 4 is 12.1 Å². The van der Waals surface area contributed by atoms with E-state index in [4.69, 9.17) is 5.73 Å². The summed E-state index contributed by atoms with van der Waals surface area (Å²) >= 11 is 0. The molecule has 0 saturated carbocycles. The number of nitrogens with zero attached hydrogens (tertiary/aromatic N) is 1. The number of primary amides is 1. The minimum atomic E-state index is -0.499. The minimum absolute atomic E-state index is 0.499. The van der Waals surface area contributed by atoms with Crippen molar-refractivity contribution in [3.05, 3.63) is 0 Å². The fraction of sp³-hybridized carbons (Fsp3) is 0.714. The van der Waals surface area contributed by atoms with E-state index in [9.17, 15) is 9.59 Å². The van der Waals surface area contributed by atoms with Crippen molar-refractivity contribution in [3.8, 4) is 0 Å². The number of amides is 2. The Morgan fingerprint density at radius 1 is 1.42 bits per heavy atom. The van der Waals surface area contributed by atoms with Crippen LogP contribution in [0.25, 0.3) is 0 Å². The van der Waals surface area contributed by atoms with Gasteiger partial charge in [0.25, 0.3) is 0 Å². The van der Waals surface area contributed by atoms with Crippen LogP contribution in [0.5, 0.6) is 0 Å². The number of carbonyl (C=O) groups excluding carboxylic acids is 2. The monoisotopic (exact) mass is 171 g/mol. The highest BCUT2D eigenvalue weighted by molar-refractivity contribution is 5.71. The van der Waals surface area contributed by atoms with Gasteiger partial charge in [-0.25, -0.2) is 14.6 Å². The molecule has 0 spiro atoms. The number of isocyanates is 1. The standard InChI is InChI=1S/C7H13N3O2/c8-7(12)10-5-3-1-2-4-9-6-11/h1-5H2,(H3,8,10,12). The van der Waals surface area contributed by atoms with E-state index in [1.54, 1.807) is 0 Å². The van der Waals surface area contributed by atoms with Gasteiger partial charge in [-0.3, -0.25) is 0 Å². The summed E-state index contributed by atoms with van der Waals surface area (Å²) < 4.78 is 0.